The molecule has 1 aromatic rings. The van der Waals surface area contributed by atoms with Crippen LogP contribution in [0.4, 0.5) is 0 Å². The van der Waals surface area contributed by atoms with Crippen molar-refractivity contribution in [2.45, 2.75) is 38.8 Å². The van der Waals surface area contributed by atoms with E-state index >= 15 is 0 Å². The molecule has 5 heteroatoms. The number of ether oxygens (including phenoxy) is 2. The van der Waals surface area contributed by atoms with E-state index in [4.69, 9.17) is 15.2 Å². The number of pyridine rings is 1. The van der Waals surface area contributed by atoms with E-state index in [1.165, 1.54) is 0 Å². The van der Waals surface area contributed by atoms with E-state index in [9.17, 15) is 4.79 Å². The molecule has 1 aromatic heterocycles. The first-order valence-corrected chi connectivity index (χ1v) is 5.80. The highest BCUT2D eigenvalue weighted by Crippen LogP contribution is 2.11. The fourth-order valence-corrected chi connectivity index (χ4v) is 1.37. The predicted molar refractivity (Wildman–Crippen MR) is 68.3 cm³/mol. The minimum Gasteiger partial charge on any atom is -0.481 e. The van der Waals surface area contributed by atoms with Crippen molar-refractivity contribution in [1.82, 2.24) is 4.98 Å². The highest BCUT2D eigenvalue weighted by Gasteiger charge is 2.22. The van der Waals surface area contributed by atoms with E-state index in [2.05, 4.69) is 4.98 Å². The van der Waals surface area contributed by atoms with Gasteiger partial charge in [-0.1, -0.05) is 6.07 Å². The molecule has 1 heterocycles. The van der Waals surface area contributed by atoms with Gasteiger partial charge in [-0.3, -0.25) is 4.79 Å². The second kappa shape index (κ2) is 5.82. The van der Waals surface area contributed by atoms with Crippen LogP contribution in [0.2, 0.25) is 0 Å². The van der Waals surface area contributed by atoms with Gasteiger partial charge in [0.25, 0.3) is 0 Å². The number of nitrogens with zero attached hydrogens (tertiary/aromatic N) is 1. The van der Waals surface area contributed by atoms with Gasteiger partial charge in [0.15, 0.2) is 0 Å². The second-order valence-electron chi connectivity index (χ2n) is 5.02. The summed E-state index contributed by atoms with van der Waals surface area (Å²) in [6, 6.07) is 4.63. The molecule has 2 N–H and O–H groups in total. The largest absolute Gasteiger partial charge is 0.481 e. The van der Waals surface area contributed by atoms with Crippen LogP contribution >= 0.6 is 0 Å². The maximum Gasteiger partial charge on any atom is 0.323 e. The average Bonchev–Trinajstić information content (AvgIpc) is 2.27. The molecule has 0 radical (unpaired) electrons. The third-order valence-corrected chi connectivity index (χ3v) is 2.13. The standard InChI is InChI=1S/C13H20N2O3/c1-13(2,3)18-12(16)10(14)8-9-6-5-7-11(15-9)17-4/h5-7,10H,8,14H2,1-4H3. The number of carbonyl (C=O) groups excluding carboxylic acids is 1. The molecule has 1 unspecified atom stereocenters. The summed E-state index contributed by atoms with van der Waals surface area (Å²) in [6.07, 6.45) is 0.326. The summed E-state index contributed by atoms with van der Waals surface area (Å²) in [5, 5.41) is 0. The van der Waals surface area contributed by atoms with Crippen LogP contribution in [0.3, 0.4) is 0 Å². The SMILES string of the molecule is COc1cccc(CC(N)C(=O)OC(C)(C)C)n1. The Kier molecular flexibility index (Phi) is 4.67. The van der Waals surface area contributed by atoms with Gasteiger partial charge in [-0.15, -0.1) is 0 Å². The molecule has 0 aliphatic carbocycles. The number of nitrogens with two attached hydrogens (primary N) is 1. The molecule has 5 nitrogen and oxygen atoms in total. The Labute approximate surface area is 107 Å². The Morgan fingerprint density at radius 1 is 1.44 bits per heavy atom. The molecule has 0 aliphatic rings. The first-order chi connectivity index (χ1) is 8.31. The van der Waals surface area contributed by atoms with Crippen molar-refractivity contribution < 1.29 is 14.3 Å². The molecule has 0 amide bonds. The molecule has 18 heavy (non-hydrogen) atoms. The summed E-state index contributed by atoms with van der Waals surface area (Å²) in [5.41, 5.74) is 5.96. The number of carbonyl (C=O) groups is 1. The molecule has 100 valence electrons. The summed E-state index contributed by atoms with van der Waals surface area (Å²) in [5.74, 6) is 0.0796. The van der Waals surface area contributed by atoms with Crippen LogP contribution in [0, 0.1) is 0 Å². The van der Waals surface area contributed by atoms with Crippen LogP contribution in [0.5, 0.6) is 5.88 Å². The highest BCUT2D eigenvalue weighted by molar-refractivity contribution is 5.76. The third kappa shape index (κ3) is 4.71. The van der Waals surface area contributed by atoms with E-state index in [0.29, 0.717) is 18.0 Å². The van der Waals surface area contributed by atoms with Gasteiger partial charge in [-0.2, -0.15) is 0 Å². The lowest BCUT2D eigenvalue weighted by Crippen LogP contribution is -2.39. The Hall–Kier alpha value is -1.62. The summed E-state index contributed by atoms with van der Waals surface area (Å²) in [7, 11) is 1.54. The van der Waals surface area contributed by atoms with Crippen molar-refractivity contribution in [2.24, 2.45) is 5.73 Å². The van der Waals surface area contributed by atoms with Gasteiger partial charge in [0.2, 0.25) is 5.88 Å². The van der Waals surface area contributed by atoms with Crippen LogP contribution in [0.25, 0.3) is 0 Å². The van der Waals surface area contributed by atoms with Crippen molar-refractivity contribution in [1.29, 1.82) is 0 Å². The lowest BCUT2D eigenvalue weighted by Gasteiger charge is -2.22. The van der Waals surface area contributed by atoms with Crippen molar-refractivity contribution >= 4 is 5.97 Å². The van der Waals surface area contributed by atoms with Crippen molar-refractivity contribution in [3.8, 4) is 5.88 Å². The smallest absolute Gasteiger partial charge is 0.323 e. The third-order valence-electron chi connectivity index (χ3n) is 2.13. The van der Waals surface area contributed by atoms with Crippen molar-refractivity contribution in [2.75, 3.05) is 7.11 Å². The molecule has 0 bridgehead atoms. The monoisotopic (exact) mass is 252 g/mol. The zero-order valence-corrected chi connectivity index (χ0v) is 11.3. The number of aromatic nitrogens is 1. The molecular formula is C13H20N2O3. The number of hydrogen-bond acceptors (Lipinski definition) is 5. The fraction of sp³-hybridized carbons (Fsp3) is 0.538. The number of rotatable bonds is 4. The molecule has 0 saturated carbocycles. The normalized spacial score (nSPS) is 12.9. The zero-order valence-electron chi connectivity index (χ0n) is 11.3. The van der Waals surface area contributed by atoms with Crippen LogP contribution in [0.15, 0.2) is 18.2 Å². The van der Waals surface area contributed by atoms with E-state index in [-0.39, 0.29) is 0 Å². The summed E-state index contributed by atoms with van der Waals surface area (Å²) >= 11 is 0. The minimum absolute atomic E-state index is 0.326. The van der Waals surface area contributed by atoms with Gasteiger partial charge in [0.1, 0.15) is 11.6 Å². The number of esters is 1. The first kappa shape index (κ1) is 14.4. The Morgan fingerprint density at radius 2 is 2.11 bits per heavy atom. The molecule has 1 rings (SSSR count). The van der Waals surface area contributed by atoms with Gasteiger partial charge >= 0.3 is 5.97 Å². The van der Waals surface area contributed by atoms with Gasteiger partial charge in [-0.05, 0) is 26.8 Å². The molecule has 0 saturated heterocycles. The highest BCUT2D eigenvalue weighted by atomic mass is 16.6. The van der Waals surface area contributed by atoms with E-state index in [0.717, 1.165) is 0 Å². The molecule has 0 aromatic carbocycles. The lowest BCUT2D eigenvalue weighted by atomic mass is 10.1. The first-order valence-electron chi connectivity index (χ1n) is 5.80. The lowest BCUT2D eigenvalue weighted by molar-refractivity contribution is -0.156. The van der Waals surface area contributed by atoms with Crippen LogP contribution in [-0.4, -0.2) is 29.7 Å². The maximum atomic E-state index is 11.7. The van der Waals surface area contributed by atoms with Crippen molar-refractivity contribution in [3.63, 3.8) is 0 Å². The van der Waals surface area contributed by atoms with Crippen LogP contribution in [0.1, 0.15) is 26.5 Å². The number of hydrogen-bond donors (Lipinski definition) is 1. The van der Waals surface area contributed by atoms with Crippen molar-refractivity contribution in [3.05, 3.63) is 23.9 Å². The molecule has 0 fully saturated rings. The fourth-order valence-electron chi connectivity index (χ4n) is 1.37. The average molecular weight is 252 g/mol. The van der Waals surface area contributed by atoms with Gasteiger partial charge in [0, 0.05) is 18.2 Å². The molecular weight excluding hydrogens is 232 g/mol. The topological polar surface area (TPSA) is 74.4 Å². The van der Waals surface area contributed by atoms with E-state index in [1.807, 2.05) is 6.07 Å². The zero-order chi connectivity index (χ0) is 13.8. The van der Waals surface area contributed by atoms with Crippen LogP contribution < -0.4 is 10.5 Å². The molecule has 0 spiro atoms. The maximum absolute atomic E-state index is 11.7. The molecule has 1 atom stereocenters. The second-order valence-corrected chi connectivity index (χ2v) is 5.02. The Morgan fingerprint density at radius 3 is 2.67 bits per heavy atom. The number of methoxy groups -OCH3 is 1. The summed E-state index contributed by atoms with van der Waals surface area (Å²) < 4.78 is 10.2. The predicted octanol–water partition coefficient (Wildman–Crippen LogP) is 1.30. The van der Waals surface area contributed by atoms with Gasteiger partial charge in [-0.25, -0.2) is 4.98 Å². The Bertz CT molecular complexity index is 413. The van der Waals surface area contributed by atoms with E-state index < -0.39 is 17.6 Å². The quantitative estimate of drug-likeness (QED) is 0.818. The van der Waals surface area contributed by atoms with Crippen LogP contribution in [-0.2, 0) is 16.0 Å². The minimum atomic E-state index is -0.719. The van der Waals surface area contributed by atoms with E-state index in [1.54, 1.807) is 40.0 Å². The summed E-state index contributed by atoms with van der Waals surface area (Å²) in [4.78, 5) is 15.9. The summed E-state index contributed by atoms with van der Waals surface area (Å²) in [6.45, 7) is 5.42. The van der Waals surface area contributed by atoms with Gasteiger partial charge < -0.3 is 15.2 Å². The van der Waals surface area contributed by atoms with Gasteiger partial charge in [0.05, 0.1) is 7.11 Å². The molecule has 0 aliphatic heterocycles. The Balaban J connectivity index is 2.63.